The van der Waals surface area contributed by atoms with Crippen LogP contribution < -0.4 is 11.2 Å². The van der Waals surface area contributed by atoms with Gasteiger partial charge in [-0.1, -0.05) is 20.8 Å². The third-order valence-corrected chi connectivity index (χ3v) is 3.07. The van der Waals surface area contributed by atoms with Crippen molar-refractivity contribution in [3.05, 3.63) is 0 Å². The van der Waals surface area contributed by atoms with Crippen molar-refractivity contribution in [3.8, 4) is 0 Å². The zero-order valence-electron chi connectivity index (χ0n) is 9.79. The largest absolute Gasteiger partial charge is 0.350 e. The zero-order valence-corrected chi connectivity index (χ0v) is 9.79. The Balaban J connectivity index is 2.69. The number of rotatable bonds is 2. The maximum atomic E-state index is 10.6. The summed E-state index contributed by atoms with van der Waals surface area (Å²) in [5, 5.41) is 4.13. The van der Waals surface area contributed by atoms with Crippen molar-refractivity contribution in [2.24, 2.45) is 28.6 Å². The number of primary amides is 1. The molecule has 4 heteroatoms. The lowest BCUT2D eigenvalue weighted by atomic mass is 9.76. The topological polar surface area (TPSA) is 67.5 Å². The van der Waals surface area contributed by atoms with E-state index in [1.165, 1.54) is 6.42 Å². The second-order valence-corrected chi connectivity index (χ2v) is 4.82. The van der Waals surface area contributed by atoms with Gasteiger partial charge in [-0.25, -0.2) is 10.2 Å². The molecule has 0 aromatic heterocycles. The number of carbonyl (C=O) groups excluding carboxylic acids is 1. The van der Waals surface area contributed by atoms with Gasteiger partial charge in [0.1, 0.15) is 0 Å². The molecular formula is C11H21N3O. The Morgan fingerprint density at radius 1 is 1.53 bits per heavy atom. The number of nitrogens with one attached hydrogen (secondary N) is 1. The normalized spacial score (nSPS) is 29.5. The number of urea groups is 1. The van der Waals surface area contributed by atoms with Gasteiger partial charge in [-0.3, -0.25) is 0 Å². The SMILES string of the molecule is CC(C)[C@@H]1CC[C@@H](C)CC1=NNC(N)=O. The van der Waals surface area contributed by atoms with E-state index in [2.05, 4.69) is 31.3 Å². The Labute approximate surface area is 91.3 Å². The van der Waals surface area contributed by atoms with Gasteiger partial charge in [0.05, 0.1) is 0 Å². The highest BCUT2D eigenvalue weighted by Gasteiger charge is 2.27. The van der Waals surface area contributed by atoms with Gasteiger partial charge in [-0.15, -0.1) is 0 Å². The number of nitrogens with two attached hydrogens (primary N) is 1. The van der Waals surface area contributed by atoms with Gasteiger partial charge in [0.25, 0.3) is 0 Å². The molecule has 0 unspecified atom stereocenters. The van der Waals surface area contributed by atoms with Gasteiger partial charge >= 0.3 is 6.03 Å². The molecule has 0 aromatic carbocycles. The molecule has 0 aliphatic heterocycles. The van der Waals surface area contributed by atoms with Gasteiger partial charge in [-0.05, 0) is 31.1 Å². The average Bonchev–Trinajstić information content (AvgIpc) is 2.14. The first-order chi connectivity index (χ1) is 7.00. The van der Waals surface area contributed by atoms with Crippen molar-refractivity contribution in [2.75, 3.05) is 0 Å². The molecule has 1 aliphatic rings. The number of carbonyl (C=O) groups is 1. The van der Waals surface area contributed by atoms with E-state index in [4.69, 9.17) is 5.73 Å². The summed E-state index contributed by atoms with van der Waals surface area (Å²) in [7, 11) is 0. The minimum Gasteiger partial charge on any atom is -0.350 e. The van der Waals surface area contributed by atoms with E-state index >= 15 is 0 Å². The molecule has 2 atom stereocenters. The molecule has 2 amide bonds. The molecule has 0 bridgehead atoms. The Morgan fingerprint density at radius 3 is 2.73 bits per heavy atom. The first-order valence-electron chi connectivity index (χ1n) is 5.62. The highest BCUT2D eigenvalue weighted by Crippen LogP contribution is 2.30. The molecule has 1 aliphatic carbocycles. The molecule has 0 radical (unpaired) electrons. The minimum atomic E-state index is -0.580. The predicted octanol–water partition coefficient (Wildman–Crippen LogP) is 2.10. The van der Waals surface area contributed by atoms with Crippen molar-refractivity contribution < 1.29 is 4.79 Å². The second kappa shape index (κ2) is 5.14. The van der Waals surface area contributed by atoms with E-state index in [9.17, 15) is 4.79 Å². The van der Waals surface area contributed by atoms with Crippen molar-refractivity contribution >= 4 is 11.7 Å². The van der Waals surface area contributed by atoms with Crippen LogP contribution in [0.3, 0.4) is 0 Å². The van der Waals surface area contributed by atoms with Crippen LogP contribution in [0.1, 0.15) is 40.0 Å². The lowest BCUT2D eigenvalue weighted by Gasteiger charge is -2.30. The van der Waals surface area contributed by atoms with Crippen LogP contribution >= 0.6 is 0 Å². The Hall–Kier alpha value is -1.06. The standard InChI is InChI=1S/C11H21N3O/c1-7(2)9-5-4-8(3)6-10(9)13-14-11(12)15/h7-9H,4-6H2,1-3H3,(H3,12,14,15)/t8-,9+/m1/s1. The van der Waals surface area contributed by atoms with Crippen LogP contribution in [-0.2, 0) is 0 Å². The molecule has 15 heavy (non-hydrogen) atoms. The monoisotopic (exact) mass is 211 g/mol. The summed E-state index contributed by atoms with van der Waals surface area (Å²) in [6.07, 6.45) is 3.39. The van der Waals surface area contributed by atoms with Crippen LogP contribution in [0.5, 0.6) is 0 Å². The molecule has 0 saturated heterocycles. The lowest BCUT2D eigenvalue weighted by molar-refractivity contribution is 0.249. The Bertz CT molecular complexity index is 261. The highest BCUT2D eigenvalue weighted by molar-refractivity contribution is 5.88. The quantitative estimate of drug-likeness (QED) is 0.675. The maximum absolute atomic E-state index is 10.6. The molecule has 0 heterocycles. The minimum absolute atomic E-state index is 0.494. The summed E-state index contributed by atoms with van der Waals surface area (Å²) in [6.45, 7) is 6.61. The summed E-state index contributed by atoms with van der Waals surface area (Å²) in [5.74, 6) is 1.73. The Kier molecular flexibility index (Phi) is 4.12. The van der Waals surface area contributed by atoms with E-state index in [0.717, 1.165) is 18.6 Å². The molecular weight excluding hydrogens is 190 g/mol. The van der Waals surface area contributed by atoms with Crippen molar-refractivity contribution in [3.63, 3.8) is 0 Å². The predicted molar refractivity (Wildman–Crippen MR) is 61.5 cm³/mol. The average molecular weight is 211 g/mol. The molecule has 0 aromatic rings. The third-order valence-electron chi connectivity index (χ3n) is 3.07. The van der Waals surface area contributed by atoms with Crippen LogP contribution in [0.25, 0.3) is 0 Å². The van der Waals surface area contributed by atoms with E-state index in [1.807, 2.05) is 0 Å². The van der Waals surface area contributed by atoms with Gasteiger partial charge in [-0.2, -0.15) is 5.10 Å². The number of amides is 2. The fraction of sp³-hybridized carbons (Fsp3) is 0.818. The van der Waals surface area contributed by atoms with E-state index in [1.54, 1.807) is 0 Å². The summed E-state index contributed by atoms with van der Waals surface area (Å²) < 4.78 is 0. The van der Waals surface area contributed by atoms with Crippen LogP contribution in [0.15, 0.2) is 5.10 Å². The first kappa shape index (κ1) is 12.0. The van der Waals surface area contributed by atoms with E-state index < -0.39 is 6.03 Å². The van der Waals surface area contributed by atoms with Crippen molar-refractivity contribution in [1.29, 1.82) is 0 Å². The fourth-order valence-electron chi connectivity index (χ4n) is 2.21. The number of hydrazone groups is 1. The third kappa shape index (κ3) is 3.53. The molecule has 4 nitrogen and oxygen atoms in total. The van der Waals surface area contributed by atoms with Crippen LogP contribution in [0, 0.1) is 17.8 Å². The smallest absolute Gasteiger partial charge is 0.332 e. The lowest BCUT2D eigenvalue weighted by Crippen LogP contribution is -2.32. The van der Waals surface area contributed by atoms with Crippen LogP contribution in [0.4, 0.5) is 4.79 Å². The molecule has 1 rings (SSSR count). The van der Waals surface area contributed by atoms with Gasteiger partial charge in [0.15, 0.2) is 0 Å². The molecule has 1 fully saturated rings. The zero-order chi connectivity index (χ0) is 11.4. The summed E-state index contributed by atoms with van der Waals surface area (Å²) in [5.41, 5.74) is 8.46. The maximum Gasteiger partial charge on any atom is 0.332 e. The summed E-state index contributed by atoms with van der Waals surface area (Å²) >= 11 is 0. The number of nitrogens with zero attached hydrogens (tertiary/aromatic N) is 1. The van der Waals surface area contributed by atoms with Gasteiger partial charge < -0.3 is 5.73 Å². The number of hydrogen-bond donors (Lipinski definition) is 2. The number of hydrogen-bond acceptors (Lipinski definition) is 2. The molecule has 86 valence electrons. The van der Waals surface area contributed by atoms with Crippen LogP contribution in [-0.4, -0.2) is 11.7 Å². The molecule has 3 N–H and O–H groups in total. The summed E-state index contributed by atoms with van der Waals surface area (Å²) in [6, 6.07) is -0.580. The second-order valence-electron chi connectivity index (χ2n) is 4.82. The first-order valence-corrected chi connectivity index (χ1v) is 5.62. The van der Waals surface area contributed by atoms with E-state index in [0.29, 0.717) is 17.8 Å². The molecule has 1 saturated carbocycles. The highest BCUT2D eigenvalue weighted by atomic mass is 16.2. The Morgan fingerprint density at radius 2 is 2.20 bits per heavy atom. The van der Waals surface area contributed by atoms with Crippen molar-refractivity contribution in [1.82, 2.24) is 5.43 Å². The van der Waals surface area contributed by atoms with Gasteiger partial charge in [0.2, 0.25) is 0 Å². The van der Waals surface area contributed by atoms with Gasteiger partial charge in [0, 0.05) is 11.6 Å². The van der Waals surface area contributed by atoms with Crippen LogP contribution in [0.2, 0.25) is 0 Å². The summed E-state index contributed by atoms with van der Waals surface area (Å²) in [4.78, 5) is 10.6. The van der Waals surface area contributed by atoms with E-state index in [-0.39, 0.29) is 0 Å². The van der Waals surface area contributed by atoms with Crippen molar-refractivity contribution in [2.45, 2.75) is 40.0 Å². The molecule has 0 spiro atoms. The fourth-order valence-corrected chi connectivity index (χ4v) is 2.21.